The molecule has 17 rings (SSSR count). The summed E-state index contributed by atoms with van der Waals surface area (Å²) in [7, 11) is 10.0. The van der Waals surface area contributed by atoms with E-state index in [9.17, 15) is 0 Å². The number of nitrogens with zero attached hydrogens (tertiary/aromatic N) is 5. The molecule has 12 aromatic carbocycles. The van der Waals surface area contributed by atoms with Gasteiger partial charge in [-0.1, -0.05) is 243 Å². The van der Waals surface area contributed by atoms with E-state index in [2.05, 4.69) is 305 Å². The van der Waals surface area contributed by atoms with Gasteiger partial charge in [0.05, 0.1) is 0 Å². The Morgan fingerprint density at radius 1 is 0.153 bits per heavy atom. The Morgan fingerprint density at radius 2 is 0.363 bits per heavy atom. The first-order valence-electron chi connectivity index (χ1n) is 48.5. The minimum atomic E-state index is -2.28. The Labute approximate surface area is 756 Å². The number of hydrogen-bond acceptors (Lipinski definition) is 0. The molecule has 618 valence electrons. The topological polar surface area (TPSA) is 19.4 Å². The van der Waals surface area contributed by atoms with Crippen LogP contribution in [0.5, 0.6) is 0 Å². The van der Waals surface area contributed by atoms with E-state index < -0.39 is 27.4 Å². The van der Waals surface area contributed by atoms with Crippen molar-refractivity contribution in [2.24, 2.45) is 35.2 Å². The maximum Gasteiger partial charge on any atom is 0.213 e. The van der Waals surface area contributed by atoms with Crippen molar-refractivity contribution in [3.63, 3.8) is 0 Å². The van der Waals surface area contributed by atoms with Crippen molar-refractivity contribution < 1.29 is 39.3 Å². The Morgan fingerprint density at radius 3 is 0.653 bits per heavy atom. The van der Waals surface area contributed by atoms with Crippen LogP contribution in [0.15, 0.2) is 340 Å². The standard InChI is InChI=1S/2C27H26N.2C22H24N.C21H22N/c2*1-19-15-20(2)26(16-24(19)22-11-7-5-8-12-22)27-17-25(21(3)18-28(27)4)23-13-9-6-10-14-23;2*1-15-12-22(23(5)14-18(15)4)21-13-20(16(2)11-17(21)3)19-9-7-6-8-10-19;1-15-10-11-21(22(4)14-15)20-13-19(16(2)12-17(20)3)18-8-6-5-7-9-18/h2*5-18H,1-4H3;2*6-14H,1-5H3;5-14H,1-4H3/q5*+1/i1D3,3D3;;2D3,4D3;;. The number of aromatic nitrogens is 5. The molecule has 0 atom stereocenters. The number of benzene rings is 12. The summed E-state index contributed by atoms with van der Waals surface area (Å²) < 4.78 is 106. The summed E-state index contributed by atoms with van der Waals surface area (Å²) in [6, 6.07) is 105. The average molecular weight is 1630 g/mol. The minimum Gasteiger partial charge on any atom is -0.201 e. The van der Waals surface area contributed by atoms with Gasteiger partial charge >= 0.3 is 0 Å². The summed E-state index contributed by atoms with van der Waals surface area (Å²) in [6.07, 6.45) is 9.92. The van der Waals surface area contributed by atoms with Crippen molar-refractivity contribution in [1.29, 1.82) is 0 Å². The number of pyridine rings is 5. The van der Waals surface area contributed by atoms with Crippen molar-refractivity contribution in [2.45, 2.75) is 117 Å². The SMILES string of the molecule is Cc1cc(-c2cc(-c3ccccc3)c(C)cc2C)[n+](C)cc1C.Cc1cc(C)c(-c2cc(-c3ccccc3)c(C)c[n+]2C)cc1-c1ccccc1.Cc1ccc(-c2cc(-c3ccccc3)c(C)cc2C)[n+](C)c1.[2H]C([2H])([2H])c1c[n+](C)c(-c2cc(-c3ccccc3)c(C([2H])([2H])[2H])cc2C)cc1C.[2H]C([2H])([2H])c1cc(C)c(-c2cc(-c3ccccc3)c(C([2H])([2H])[2H])c[n+]2C)cc1-c1ccccc1. The third-order valence-corrected chi connectivity index (χ3v) is 23.7. The van der Waals surface area contributed by atoms with Gasteiger partial charge in [-0.2, -0.15) is 0 Å². The van der Waals surface area contributed by atoms with Crippen molar-refractivity contribution in [3.8, 4) is 134 Å². The van der Waals surface area contributed by atoms with Gasteiger partial charge in [0.1, 0.15) is 35.2 Å². The second-order valence-electron chi connectivity index (χ2n) is 33.1. The zero-order chi connectivity index (χ0) is 98.2. The maximum absolute atomic E-state index is 8.09. The highest BCUT2D eigenvalue weighted by Crippen LogP contribution is 2.39. The van der Waals surface area contributed by atoms with Gasteiger partial charge in [0.15, 0.2) is 31.0 Å². The molecule has 0 aliphatic carbocycles. The summed E-state index contributed by atoms with van der Waals surface area (Å²) in [5, 5.41) is 0. The van der Waals surface area contributed by atoms with Gasteiger partial charge in [-0.3, -0.25) is 0 Å². The molecule has 17 aromatic rings. The molecule has 0 spiro atoms. The third-order valence-electron chi connectivity index (χ3n) is 23.7. The predicted octanol–water partition coefficient (Wildman–Crippen LogP) is 27.8. The van der Waals surface area contributed by atoms with Gasteiger partial charge in [0.2, 0.25) is 28.5 Å². The fourth-order valence-corrected chi connectivity index (χ4v) is 16.8. The van der Waals surface area contributed by atoms with Crippen molar-refractivity contribution in [2.75, 3.05) is 0 Å². The van der Waals surface area contributed by atoms with Crippen molar-refractivity contribution in [3.05, 3.63) is 435 Å². The molecule has 0 aliphatic rings. The lowest BCUT2D eigenvalue weighted by Crippen LogP contribution is -2.31. The van der Waals surface area contributed by atoms with Crippen LogP contribution in [0, 0.1) is 117 Å². The zero-order valence-corrected chi connectivity index (χ0v) is 75.1. The fraction of sp³-hybridized carbons (Fsp3) is 0.185. The normalized spacial score (nSPS) is 12.7. The van der Waals surface area contributed by atoms with Gasteiger partial charge in [0, 0.05) is 102 Å². The molecule has 0 aliphatic heterocycles. The van der Waals surface area contributed by atoms with Crippen LogP contribution < -0.4 is 22.8 Å². The van der Waals surface area contributed by atoms with E-state index in [-0.39, 0.29) is 5.56 Å². The average Bonchev–Trinajstić information content (AvgIpc) is 0.748. The highest BCUT2D eigenvalue weighted by atomic mass is 14.9. The summed E-state index contributed by atoms with van der Waals surface area (Å²) in [6.45, 7) is 18.4. The monoisotopic (exact) mass is 1630 g/mol. The van der Waals surface area contributed by atoms with Crippen molar-refractivity contribution >= 4 is 0 Å². The second-order valence-corrected chi connectivity index (χ2v) is 33.1. The molecule has 0 saturated heterocycles. The fourth-order valence-electron chi connectivity index (χ4n) is 16.8. The number of aryl methyl sites for hydroxylation is 22. The molecular formula is C119H122N5+5. The van der Waals surface area contributed by atoms with E-state index in [1.165, 1.54) is 134 Å². The lowest BCUT2D eigenvalue weighted by Gasteiger charge is -2.13. The highest BCUT2D eigenvalue weighted by Gasteiger charge is 2.24. The van der Waals surface area contributed by atoms with Crippen LogP contribution in [0.3, 0.4) is 0 Å². The predicted molar refractivity (Wildman–Crippen MR) is 524 cm³/mol. The van der Waals surface area contributed by atoms with Crippen LogP contribution in [-0.2, 0) is 35.2 Å². The van der Waals surface area contributed by atoms with Crippen LogP contribution in [0.25, 0.3) is 134 Å². The molecule has 0 bridgehead atoms. The van der Waals surface area contributed by atoms with Gasteiger partial charge in [0.25, 0.3) is 0 Å². The molecule has 0 N–H and O–H groups in total. The Hall–Kier alpha value is -13.6. The van der Waals surface area contributed by atoms with Crippen LogP contribution in [-0.4, -0.2) is 0 Å². The summed E-state index contributed by atoms with van der Waals surface area (Å²) in [5.74, 6) is 0. The molecule has 0 amide bonds. The van der Waals surface area contributed by atoms with E-state index >= 15 is 0 Å². The van der Waals surface area contributed by atoms with Crippen LogP contribution in [0.4, 0.5) is 0 Å². The largest absolute Gasteiger partial charge is 0.213 e. The summed E-state index contributed by atoms with van der Waals surface area (Å²) in [5.41, 5.74) is 42.3. The molecule has 5 nitrogen and oxygen atoms in total. The molecule has 0 saturated carbocycles. The van der Waals surface area contributed by atoms with E-state index in [4.69, 9.17) is 16.4 Å². The quantitative estimate of drug-likeness (QED) is 0.109. The first-order valence-corrected chi connectivity index (χ1v) is 42.5. The Balaban J connectivity index is 0.000000145. The van der Waals surface area contributed by atoms with Crippen LogP contribution >= 0.6 is 0 Å². The molecule has 5 heterocycles. The summed E-state index contributed by atoms with van der Waals surface area (Å²) in [4.78, 5) is 0. The van der Waals surface area contributed by atoms with E-state index in [0.717, 1.165) is 50.3 Å². The van der Waals surface area contributed by atoms with Crippen LogP contribution in [0.2, 0.25) is 0 Å². The Bertz CT molecular complexity index is 6980. The zero-order valence-electron chi connectivity index (χ0n) is 87.1. The molecular weight excluding hydrogens is 1500 g/mol. The van der Waals surface area contributed by atoms with Gasteiger partial charge < -0.3 is 0 Å². The molecule has 5 aromatic heterocycles. The first kappa shape index (κ1) is 73.1. The van der Waals surface area contributed by atoms with E-state index in [1.807, 2.05) is 143 Å². The van der Waals surface area contributed by atoms with Gasteiger partial charge in [-0.25, -0.2) is 22.8 Å². The van der Waals surface area contributed by atoms with Crippen molar-refractivity contribution in [1.82, 2.24) is 0 Å². The third kappa shape index (κ3) is 20.4. The highest BCUT2D eigenvalue weighted by molar-refractivity contribution is 5.83. The number of rotatable bonds is 12. The van der Waals surface area contributed by atoms with E-state index in [0.29, 0.717) is 38.9 Å². The summed E-state index contributed by atoms with van der Waals surface area (Å²) >= 11 is 0. The van der Waals surface area contributed by atoms with Gasteiger partial charge in [-0.05, 0) is 298 Å². The lowest BCUT2D eigenvalue weighted by molar-refractivity contribution is -0.660. The van der Waals surface area contributed by atoms with Crippen LogP contribution in [0.1, 0.15) is 111 Å². The Kier molecular flexibility index (Phi) is 23.3. The molecule has 0 radical (unpaired) electrons. The number of hydrogen-bond donors (Lipinski definition) is 0. The second kappa shape index (κ2) is 39.5. The minimum absolute atomic E-state index is 0.269. The first-order chi connectivity index (χ1) is 64.4. The smallest absolute Gasteiger partial charge is 0.201 e. The molecule has 0 fully saturated rings. The van der Waals surface area contributed by atoms with Gasteiger partial charge in [-0.15, -0.1) is 0 Å². The van der Waals surface area contributed by atoms with E-state index in [1.54, 1.807) is 40.6 Å². The molecule has 124 heavy (non-hydrogen) atoms. The molecule has 0 unspecified atom stereocenters. The molecule has 5 heteroatoms. The lowest BCUT2D eigenvalue weighted by atomic mass is 9.92. The maximum atomic E-state index is 8.09.